The Morgan fingerprint density at radius 1 is 1.16 bits per heavy atom. The fourth-order valence-electron chi connectivity index (χ4n) is 4.81. The zero-order chi connectivity index (χ0) is 33.3. The lowest BCUT2D eigenvalue weighted by atomic mass is 9.98. The first-order valence-corrected chi connectivity index (χ1v) is 14.8. The van der Waals surface area contributed by atoms with Gasteiger partial charge in [-0.25, -0.2) is 14.2 Å². The molecule has 1 aromatic heterocycles. The molecule has 1 amide bonds. The van der Waals surface area contributed by atoms with Crippen molar-refractivity contribution >= 4 is 51.7 Å². The van der Waals surface area contributed by atoms with Gasteiger partial charge in [-0.1, -0.05) is 13.5 Å². The molecule has 2 aromatic carbocycles. The lowest BCUT2D eigenvalue weighted by Crippen LogP contribution is -2.44. The second-order valence-electron chi connectivity index (χ2n) is 12.1. The molecule has 2 heterocycles. The van der Waals surface area contributed by atoms with Crippen molar-refractivity contribution in [2.24, 2.45) is 0 Å². The monoisotopic (exact) mass is 633 g/mol. The number of aryl methyl sites for hydroxylation is 1. The van der Waals surface area contributed by atoms with Gasteiger partial charge in [-0.15, -0.1) is 0 Å². The van der Waals surface area contributed by atoms with Crippen molar-refractivity contribution in [1.82, 2.24) is 9.97 Å². The number of nitrogens with zero attached hydrogens (tertiary/aromatic N) is 5. The maximum atomic E-state index is 15.1. The van der Waals surface area contributed by atoms with Gasteiger partial charge in [-0.2, -0.15) is 10.2 Å². The Morgan fingerprint density at radius 3 is 2.47 bits per heavy atom. The van der Waals surface area contributed by atoms with E-state index in [2.05, 4.69) is 16.5 Å². The minimum atomic E-state index is -1.59. The molecule has 0 N–H and O–H groups in total. The SMILES string of the molecule is C=C(C)C(F)c1cc(N2C(=O)C(C)(C)N(c3ccc4nc(CC)nc(OCCOC(=O)OC(C)(C)C)c4c3)C2=S)ccc1C#N. The van der Waals surface area contributed by atoms with E-state index in [0.717, 1.165) is 0 Å². The molecule has 236 valence electrons. The van der Waals surface area contributed by atoms with Gasteiger partial charge in [0.25, 0.3) is 5.91 Å². The van der Waals surface area contributed by atoms with Crippen molar-refractivity contribution in [3.05, 3.63) is 65.5 Å². The number of allylic oxidation sites excluding steroid dienone is 1. The number of thiocarbonyl (C=S) groups is 1. The van der Waals surface area contributed by atoms with E-state index in [9.17, 15) is 14.9 Å². The largest absolute Gasteiger partial charge is 0.508 e. The summed E-state index contributed by atoms with van der Waals surface area (Å²) in [5.74, 6) is 0.514. The first-order chi connectivity index (χ1) is 21.1. The maximum absolute atomic E-state index is 15.1. The molecule has 1 unspecified atom stereocenters. The van der Waals surface area contributed by atoms with Crippen LogP contribution in [-0.2, 0) is 20.7 Å². The van der Waals surface area contributed by atoms with Gasteiger partial charge in [-0.05, 0) is 95.7 Å². The average Bonchev–Trinajstić information content (AvgIpc) is 3.15. The number of hydrogen-bond donors (Lipinski definition) is 0. The van der Waals surface area contributed by atoms with Crippen molar-refractivity contribution < 1.29 is 28.2 Å². The highest BCUT2D eigenvalue weighted by Crippen LogP contribution is 2.40. The second-order valence-corrected chi connectivity index (χ2v) is 12.4. The predicted molar refractivity (Wildman–Crippen MR) is 173 cm³/mol. The standard InChI is InChI=1S/C33H36FN5O5S/c1-9-26-36-25-13-12-22(17-24(25)28(37-26)42-14-15-43-31(41)44-32(4,5)6)39-30(45)38(29(40)33(39,7)8)21-11-10-20(18-35)23(16-21)27(34)19(2)3/h10-13,16-17,27H,2,9,14-15H2,1,3-8H3. The predicted octanol–water partition coefficient (Wildman–Crippen LogP) is 6.90. The molecule has 0 saturated carbocycles. The minimum absolute atomic E-state index is 0.0133. The molecule has 1 aliphatic rings. The molecule has 1 fully saturated rings. The Kier molecular flexibility index (Phi) is 9.44. The van der Waals surface area contributed by atoms with Crippen LogP contribution in [0.4, 0.5) is 20.6 Å². The van der Waals surface area contributed by atoms with E-state index in [1.807, 2.05) is 13.0 Å². The Bertz CT molecular complexity index is 1730. The van der Waals surface area contributed by atoms with Crippen LogP contribution >= 0.6 is 12.2 Å². The van der Waals surface area contributed by atoms with Crippen molar-refractivity contribution in [3.8, 4) is 11.9 Å². The van der Waals surface area contributed by atoms with Crippen molar-refractivity contribution in [2.45, 2.75) is 72.2 Å². The molecule has 0 bridgehead atoms. The number of hydrogen-bond acceptors (Lipinski definition) is 9. The molecule has 1 saturated heterocycles. The van der Waals surface area contributed by atoms with E-state index >= 15 is 4.39 Å². The quantitative estimate of drug-likeness (QED) is 0.107. The number of rotatable bonds is 9. The smallest absolute Gasteiger partial charge is 0.474 e. The number of aromatic nitrogens is 2. The van der Waals surface area contributed by atoms with Gasteiger partial charge in [0.15, 0.2) is 5.11 Å². The van der Waals surface area contributed by atoms with E-state index in [1.165, 1.54) is 24.0 Å². The van der Waals surface area contributed by atoms with Gasteiger partial charge in [0.1, 0.15) is 36.3 Å². The van der Waals surface area contributed by atoms with Crippen LogP contribution in [0.2, 0.25) is 0 Å². The minimum Gasteiger partial charge on any atom is -0.474 e. The van der Waals surface area contributed by atoms with Gasteiger partial charge in [0.05, 0.1) is 28.2 Å². The molecule has 0 spiro atoms. The third-order valence-electron chi connectivity index (χ3n) is 6.98. The normalized spacial score (nSPS) is 15.2. The molecule has 10 nitrogen and oxygen atoms in total. The van der Waals surface area contributed by atoms with Crippen molar-refractivity contribution in [2.75, 3.05) is 23.0 Å². The maximum Gasteiger partial charge on any atom is 0.508 e. The molecule has 0 radical (unpaired) electrons. The second kappa shape index (κ2) is 12.8. The molecule has 0 aliphatic carbocycles. The highest BCUT2D eigenvalue weighted by molar-refractivity contribution is 7.81. The average molecular weight is 634 g/mol. The van der Waals surface area contributed by atoms with Crippen LogP contribution in [0.25, 0.3) is 10.9 Å². The summed E-state index contributed by atoms with van der Waals surface area (Å²) in [6, 6.07) is 11.9. The Morgan fingerprint density at radius 2 is 1.84 bits per heavy atom. The Balaban J connectivity index is 1.68. The zero-order valence-electron chi connectivity index (χ0n) is 26.4. The van der Waals surface area contributed by atoms with Crippen LogP contribution in [-0.4, -0.2) is 51.5 Å². The summed E-state index contributed by atoms with van der Waals surface area (Å²) in [4.78, 5) is 38.0. The molecule has 3 aromatic rings. The Hall–Kier alpha value is -4.63. The van der Waals surface area contributed by atoms with Gasteiger partial charge < -0.3 is 19.1 Å². The van der Waals surface area contributed by atoms with Crippen LogP contribution in [0.3, 0.4) is 0 Å². The highest BCUT2D eigenvalue weighted by atomic mass is 32.1. The molecule has 1 atom stereocenters. The van der Waals surface area contributed by atoms with Gasteiger partial charge in [0, 0.05) is 17.7 Å². The number of benzene rings is 2. The van der Waals surface area contributed by atoms with Crippen LogP contribution in [0.1, 0.15) is 71.6 Å². The number of alkyl halides is 1. The molecular weight excluding hydrogens is 597 g/mol. The van der Waals surface area contributed by atoms with E-state index in [1.54, 1.807) is 63.8 Å². The number of fused-ring (bicyclic) bond motifs is 1. The van der Waals surface area contributed by atoms with Gasteiger partial charge >= 0.3 is 6.16 Å². The summed E-state index contributed by atoms with van der Waals surface area (Å²) in [7, 11) is 0. The van der Waals surface area contributed by atoms with Crippen LogP contribution in [0.5, 0.6) is 5.88 Å². The zero-order valence-corrected chi connectivity index (χ0v) is 27.2. The fraction of sp³-hybridized carbons (Fsp3) is 0.394. The Labute approximate surface area is 267 Å². The first kappa shape index (κ1) is 33.3. The number of anilines is 2. The summed E-state index contributed by atoms with van der Waals surface area (Å²) in [5, 5.41) is 10.3. The lowest BCUT2D eigenvalue weighted by Gasteiger charge is -2.29. The van der Waals surface area contributed by atoms with E-state index in [0.29, 0.717) is 34.5 Å². The van der Waals surface area contributed by atoms with E-state index < -0.39 is 23.5 Å². The number of amides is 1. The van der Waals surface area contributed by atoms with Gasteiger partial charge in [0.2, 0.25) is 5.88 Å². The summed E-state index contributed by atoms with van der Waals surface area (Å²) >= 11 is 5.85. The summed E-state index contributed by atoms with van der Waals surface area (Å²) in [6.07, 6.45) is -1.82. The molecule has 12 heteroatoms. The summed E-state index contributed by atoms with van der Waals surface area (Å²) < 4.78 is 31.3. The first-order valence-electron chi connectivity index (χ1n) is 14.4. The third-order valence-corrected chi connectivity index (χ3v) is 7.35. The number of ether oxygens (including phenoxy) is 3. The summed E-state index contributed by atoms with van der Waals surface area (Å²) in [6.45, 7) is 15.8. The van der Waals surface area contributed by atoms with Crippen molar-refractivity contribution in [3.63, 3.8) is 0 Å². The van der Waals surface area contributed by atoms with Crippen LogP contribution in [0.15, 0.2) is 48.6 Å². The number of halogens is 1. The number of carbonyl (C=O) groups excluding carboxylic acids is 2. The highest BCUT2D eigenvalue weighted by Gasteiger charge is 2.50. The van der Waals surface area contributed by atoms with Gasteiger partial charge in [-0.3, -0.25) is 9.69 Å². The molecule has 1 aliphatic heterocycles. The summed E-state index contributed by atoms with van der Waals surface area (Å²) in [5.41, 5.74) is 0.213. The fourth-order valence-corrected chi connectivity index (χ4v) is 5.33. The number of nitriles is 1. The number of carbonyl (C=O) groups is 2. The molecular formula is C33H36FN5O5S. The van der Waals surface area contributed by atoms with Crippen molar-refractivity contribution in [1.29, 1.82) is 5.26 Å². The van der Waals surface area contributed by atoms with Crippen LogP contribution in [0, 0.1) is 11.3 Å². The molecule has 45 heavy (non-hydrogen) atoms. The third kappa shape index (κ3) is 6.88. The molecule has 4 rings (SSSR count). The van der Waals surface area contributed by atoms with Crippen LogP contribution < -0.4 is 14.5 Å². The van der Waals surface area contributed by atoms with E-state index in [-0.39, 0.29) is 46.8 Å². The van der Waals surface area contributed by atoms with E-state index in [4.69, 9.17) is 26.4 Å². The lowest BCUT2D eigenvalue weighted by molar-refractivity contribution is -0.120. The topological polar surface area (TPSA) is 118 Å².